The molecule has 0 atom stereocenters. The van der Waals surface area contributed by atoms with Crippen molar-refractivity contribution in [2.45, 2.75) is 12.6 Å². The van der Waals surface area contributed by atoms with Gasteiger partial charge in [-0.25, -0.2) is 13.3 Å². The van der Waals surface area contributed by atoms with E-state index < -0.39 is 37.4 Å². The summed E-state index contributed by atoms with van der Waals surface area (Å²) in [7, 11) is 0. The van der Waals surface area contributed by atoms with Crippen LogP contribution in [-0.2, 0) is 0 Å². The average molecular weight is 428 g/mol. The van der Waals surface area contributed by atoms with Gasteiger partial charge in [-0.1, -0.05) is 0 Å². The molecule has 12 heteroatoms. The van der Waals surface area contributed by atoms with E-state index in [0.717, 1.165) is 10.6 Å². The molecule has 0 aliphatic heterocycles. The van der Waals surface area contributed by atoms with Crippen LogP contribution in [0.15, 0.2) is 53.6 Å². The molecule has 0 N–H and O–H groups in total. The molecule has 0 aliphatic rings. The third kappa shape index (κ3) is 5.49. The molecule has 158 valence electrons. The second kappa shape index (κ2) is 8.84. The lowest BCUT2D eigenvalue weighted by molar-refractivity contribution is -0.153. The van der Waals surface area contributed by atoms with Gasteiger partial charge in [0.2, 0.25) is 0 Å². The van der Waals surface area contributed by atoms with Crippen LogP contribution in [0.1, 0.15) is 0 Å². The Morgan fingerprint density at radius 1 is 1.03 bits per heavy atom. The summed E-state index contributed by atoms with van der Waals surface area (Å²) in [6.07, 6.45) is -4.63. The maximum atomic E-state index is 12.7. The van der Waals surface area contributed by atoms with Crippen LogP contribution in [0.3, 0.4) is 0 Å². The molecule has 0 radical (unpaired) electrons. The number of hydrogen-bond acceptors (Lipinski definition) is 6. The van der Waals surface area contributed by atoms with Crippen molar-refractivity contribution in [1.82, 2.24) is 19.7 Å². The summed E-state index contributed by atoms with van der Waals surface area (Å²) in [4.78, 5) is 16.8. The SMILES string of the molecule is O=c1cc(-c2ccnnc2)nc(OCC(F)F)n1-c1ccc(OCC(F)(F)F)cc1. The van der Waals surface area contributed by atoms with Gasteiger partial charge in [-0.3, -0.25) is 4.79 Å². The first kappa shape index (κ1) is 21.1. The van der Waals surface area contributed by atoms with Gasteiger partial charge in [0.05, 0.1) is 23.8 Å². The molecule has 0 spiro atoms. The number of nitrogens with zero attached hydrogens (tertiary/aromatic N) is 4. The van der Waals surface area contributed by atoms with Crippen LogP contribution in [-0.4, -0.2) is 45.6 Å². The van der Waals surface area contributed by atoms with E-state index in [2.05, 4.69) is 19.9 Å². The highest BCUT2D eigenvalue weighted by molar-refractivity contribution is 5.57. The number of aromatic nitrogens is 4. The van der Waals surface area contributed by atoms with Crippen LogP contribution < -0.4 is 15.0 Å². The van der Waals surface area contributed by atoms with E-state index in [0.29, 0.717) is 5.56 Å². The van der Waals surface area contributed by atoms with Crippen molar-refractivity contribution in [3.05, 3.63) is 59.1 Å². The van der Waals surface area contributed by atoms with Crippen molar-refractivity contribution in [1.29, 1.82) is 0 Å². The number of hydrogen-bond donors (Lipinski definition) is 0. The van der Waals surface area contributed by atoms with Crippen molar-refractivity contribution in [2.75, 3.05) is 13.2 Å². The molecule has 0 fully saturated rings. The zero-order valence-electron chi connectivity index (χ0n) is 15.0. The summed E-state index contributed by atoms with van der Waals surface area (Å²) in [5.74, 6) is -0.0911. The first-order chi connectivity index (χ1) is 14.2. The maximum Gasteiger partial charge on any atom is 0.422 e. The summed E-state index contributed by atoms with van der Waals surface area (Å²) >= 11 is 0. The molecule has 2 heterocycles. The zero-order valence-corrected chi connectivity index (χ0v) is 15.0. The largest absolute Gasteiger partial charge is 0.484 e. The average Bonchev–Trinajstić information content (AvgIpc) is 2.71. The molecule has 0 aliphatic carbocycles. The van der Waals surface area contributed by atoms with Gasteiger partial charge in [0.1, 0.15) is 5.75 Å². The molecule has 2 aromatic heterocycles. The molecule has 30 heavy (non-hydrogen) atoms. The Balaban J connectivity index is 1.97. The first-order valence-corrected chi connectivity index (χ1v) is 8.35. The lowest BCUT2D eigenvalue weighted by Crippen LogP contribution is -2.23. The molecule has 0 unspecified atom stereocenters. The molecule has 0 amide bonds. The predicted molar refractivity (Wildman–Crippen MR) is 93.9 cm³/mol. The Bertz CT molecular complexity index is 1040. The van der Waals surface area contributed by atoms with Gasteiger partial charge >= 0.3 is 12.2 Å². The van der Waals surface area contributed by atoms with Gasteiger partial charge in [-0.05, 0) is 30.3 Å². The first-order valence-electron chi connectivity index (χ1n) is 8.35. The summed E-state index contributed by atoms with van der Waals surface area (Å²) in [6, 6.07) is 7.19. The van der Waals surface area contributed by atoms with Crippen molar-refractivity contribution in [3.63, 3.8) is 0 Å². The third-order valence-corrected chi connectivity index (χ3v) is 3.60. The number of halogens is 5. The van der Waals surface area contributed by atoms with Crippen LogP contribution in [0.25, 0.3) is 16.9 Å². The minimum atomic E-state index is -4.51. The lowest BCUT2D eigenvalue weighted by Gasteiger charge is -2.15. The minimum absolute atomic E-state index is 0.0911. The highest BCUT2D eigenvalue weighted by Gasteiger charge is 2.28. The van der Waals surface area contributed by atoms with Gasteiger partial charge in [0, 0.05) is 11.6 Å². The van der Waals surface area contributed by atoms with Gasteiger partial charge in [0.25, 0.3) is 12.0 Å². The van der Waals surface area contributed by atoms with Gasteiger partial charge < -0.3 is 9.47 Å². The standard InChI is InChI=1S/C18H13F5N4O3/c19-15(20)9-29-17-26-14(11-5-6-24-25-8-11)7-16(28)27(17)12-1-3-13(4-2-12)30-10-18(21,22)23/h1-8,15H,9-10H2. The minimum Gasteiger partial charge on any atom is -0.484 e. The number of benzene rings is 1. The Hall–Kier alpha value is -3.57. The summed E-state index contributed by atoms with van der Waals surface area (Å²) in [5, 5.41) is 7.27. The quantitative estimate of drug-likeness (QED) is 0.538. The van der Waals surface area contributed by atoms with E-state index in [-0.39, 0.29) is 17.1 Å². The van der Waals surface area contributed by atoms with E-state index in [1.165, 1.54) is 42.7 Å². The Kier molecular flexibility index (Phi) is 6.23. The summed E-state index contributed by atoms with van der Waals surface area (Å²) < 4.78 is 72.6. The number of ether oxygens (including phenoxy) is 2. The van der Waals surface area contributed by atoms with Crippen molar-refractivity contribution >= 4 is 0 Å². The molecular weight excluding hydrogens is 415 g/mol. The third-order valence-electron chi connectivity index (χ3n) is 3.60. The van der Waals surface area contributed by atoms with Crippen LogP contribution in [0.4, 0.5) is 22.0 Å². The van der Waals surface area contributed by atoms with Crippen molar-refractivity contribution < 1.29 is 31.4 Å². The Morgan fingerprint density at radius 2 is 1.77 bits per heavy atom. The predicted octanol–water partition coefficient (Wildman–Crippen LogP) is 3.27. The summed E-state index contributed by atoms with van der Waals surface area (Å²) in [5.41, 5.74) is 0.00755. The number of alkyl halides is 5. The molecule has 0 bridgehead atoms. The molecular formula is C18H13F5N4O3. The van der Waals surface area contributed by atoms with E-state index in [4.69, 9.17) is 4.74 Å². The Morgan fingerprint density at radius 3 is 2.37 bits per heavy atom. The fourth-order valence-electron chi connectivity index (χ4n) is 2.38. The molecule has 3 aromatic rings. The van der Waals surface area contributed by atoms with Gasteiger partial charge in [-0.15, -0.1) is 0 Å². The van der Waals surface area contributed by atoms with E-state index in [9.17, 15) is 26.7 Å². The topological polar surface area (TPSA) is 79.1 Å². The van der Waals surface area contributed by atoms with Gasteiger partial charge in [-0.2, -0.15) is 28.4 Å². The molecule has 7 nitrogen and oxygen atoms in total. The van der Waals surface area contributed by atoms with E-state index >= 15 is 0 Å². The van der Waals surface area contributed by atoms with Crippen molar-refractivity contribution in [2.24, 2.45) is 0 Å². The second-order valence-electron chi connectivity index (χ2n) is 5.83. The fraction of sp³-hybridized carbons (Fsp3) is 0.222. The highest BCUT2D eigenvalue weighted by Crippen LogP contribution is 2.23. The van der Waals surface area contributed by atoms with Crippen LogP contribution >= 0.6 is 0 Å². The van der Waals surface area contributed by atoms with E-state index in [1.807, 2.05) is 0 Å². The Labute approximate surface area is 165 Å². The summed E-state index contributed by atoms with van der Waals surface area (Å²) in [6.45, 7) is -2.50. The van der Waals surface area contributed by atoms with Crippen molar-refractivity contribution in [3.8, 4) is 28.7 Å². The second-order valence-corrected chi connectivity index (χ2v) is 5.83. The van der Waals surface area contributed by atoms with Crippen LogP contribution in [0.5, 0.6) is 11.8 Å². The van der Waals surface area contributed by atoms with E-state index in [1.54, 1.807) is 0 Å². The smallest absolute Gasteiger partial charge is 0.422 e. The molecule has 1 aromatic carbocycles. The molecule has 0 saturated carbocycles. The van der Waals surface area contributed by atoms with Crippen LogP contribution in [0, 0.1) is 0 Å². The lowest BCUT2D eigenvalue weighted by atomic mass is 10.2. The molecule has 3 rings (SSSR count). The van der Waals surface area contributed by atoms with Crippen LogP contribution in [0.2, 0.25) is 0 Å². The fourth-order valence-corrected chi connectivity index (χ4v) is 2.38. The monoisotopic (exact) mass is 428 g/mol. The highest BCUT2D eigenvalue weighted by atomic mass is 19.4. The maximum absolute atomic E-state index is 12.7. The normalized spacial score (nSPS) is 11.5. The molecule has 0 saturated heterocycles. The number of rotatable bonds is 7. The zero-order chi connectivity index (χ0) is 21.7. The van der Waals surface area contributed by atoms with Gasteiger partial charge in [0.15, 0.2) is 13.2 Å².